The lowest BCUT2D eigenvalue weighted by Crippen LogP contribution is -2.27. The molecule has 0 spiro atoms. The Balaban J connectivity index is 2.36. The molecule has 2 heteroatoms. The first kappa shape index (κ1) is 12.2. The molecule has 1 atom stereocenters. The van der Waals surface area contributed by atoms with Crippen molar-refractivity contribution in [2.24, 2.45) is 5.84 Å². The first-order valence-corrected chi connectivity index (χ1v) is 5.89. The van der Waals surface area contributed by atoms with Gasteiger partial charge in [0.2, 0.25) is 0 Å². The van der Waals surface area contributed by atoms with Crippen LogP contribution in [0.4, 0.5) is 0 Å². The average molecular weight is 206 g/mol. The summed E-state index contributed by atoms with van der Waals surface area (Å²) in [5.41, 5.74) is 4.18. The third-order valence-electron chi connectivity index (χ3n) is 2.75. The number of unbranched alkanes of at least 4 members (excludes halogenated alkanes) is 3. The van der Waals surface area contributed by atoms with Crippen molar-refractivity contribution in [2.75, 3.05) is 0 Å². The van der Waals surface area contributed by atoms with Crippen LogP contribution < -0.4 is 11.3 Å². The molecule has 0 aliphatic carbocycles. The van der Waals surface area contributed by atoms with Crippen LogP contribution >= 0.6 is 0 Å². The summed E-state index contributed by atoms with van der Waals surface area (Å²) in [5.74, 6) is 5.57. The first-order valence-electron chi connectivity index (χ1n) is 5.89. The number of hydrogen-bond acceptors (Lipinski definition) is 2. The molecule has 84 valence electrons. The van der Waals surface area contributed by atoms with Crippen LogP contribution in [0.2, 0.25) is 0 Å². The minimum atomic E-state index is 0.308. The van der Waals surface area contributed by atoms with E-state index >= 15 is 0 Å². The van der Waals surface area contributed by atoms with Gasteiger partial charge in [0.25, 0.3) is 0 Å². The summed E-state index contributed by atoms with van der Waals surface area (Å²) in [6.07, 6.45) is 6.29. The van der Waals surface area contributed by atoms with Gasteiger partial charge in [0, 0.05) is 6.04 Å². The van der Waals surface area contributed by atoms with Crippen LogP contribution in [0, 0.1) is 0 Å². The van der Waals surface area contributed by atoms with Crippen molar-refractivity contribution in [3.8, 4) is 0 Å². The maximum absolute atomic E-state index is 5.57. The Morgan fingerprint density at radius 3 is 2.47 bits per heavy atom. The van der Waals surface area contributed by atoms with E-state index in [-0.39, 0.29) is 0 Å². The minimum Gasteiger partial charge on any atom is -0.271 e. The molecule has 0 unspecified atom stereocenters. The summed E-state index contributed by atoms with van der Waals surface area (Å²) in [7, 11) is 0. The molecule has 0 saturated heterocycles. The van der Waals surface area contributed by atoms with Gasteiger partial charge in [0.05, 0.1) is 0 Å². The van der Waals surface area contributed by atoms with Gasteiger partial charge in [-0.2, -0.15) is 0 Å². The third kappa shape index (κ3) is 4.45. The van der Waals surface area contributed by atoms with E-state index in [4.69, 9.17) is 5.84 Å². The lowest BCUT2D eigenvalue weighted by molar-refractivity contribution is 0.482. The van der Waals surface area contributed by atoms with Gasteiger partial charge in [-0.1, -0.05) is 62.9 Å². The highest BCUT2D eigenvalue weighted by molar-refractivity contribution is 5.18. The average Bonchev–Trinajstić information content (AvgIpc) is 2.30. The Hall–Kier alpha value is -0.860. The molecule has 1 aromatic carbocycles. The van der Waals surface area contributed by atoms with Gasteiger partial charge in [-0.25, -0.2) is 0 Å². The second-order valence-electron chi connectivity index (χ2n) is 3.98. The van der Waals surface area contributed by atoms with Gasteiger partial charge < -0.3 is 0 Å². The Labute approximate surface area is 92.8 Å². The van der Waals surface area contributed by atoms with Crippen molar-refractivity contribution in [1.82, 2.24) is 5.43 Å². The third-order valence-corrected chi connectivity index (χ3v) is 2.75. The van der Waals surface area contributed by atoms with E-state index in [1.165, 1.54) is 31.2 Å². The van der Waals surface area contributed by atoms with Crippen LogP contribution in [0.25, 0.3) is 0 Å². The van der Waals surface area contributed by atoms with Crippen LogP contribution in [-0.4, -0.2) is 0 Å². The second kappa shape index (κ2) is 7.43. The van der Waals surface area contributed by atoms with Crippen molar-refractivity contribution in [2.45, 2.75) is 45.1 Å². The fourth-order valence-corrected chi connectivity index (χ4v) is 1.81. The molecule has 15 heavy (non-hydrogen) atoms. The van der Waals surface area contributed by atoms with Gasteiger partial charge in [-0.3, -0.25) is 11.3 Å². The highest BCUT2D eigenvalue weighted by atomic mass is 15.2. The number of benzene rings is 1. The monoisotopic (exact) mass is 206 g/mol. The molecular weight excluding hydrogens is 184 g/mol. The Morgan fingerprint density at radius 2 is 1.87 bits per heavy atom. The minimum absolute atomic E-state index is 0.308. The van der Waals surface area contributed by atoms with Gasteiger partial charge in [-0.05, 0) is 12.0 Å². The SMILES string of the molecule is CCCCCC[C@@H](NN)c1ccccc1. The van der Waals surface area contributed by atoms with Crippen LogP contribution in [-0.2, 0) is 0 Å². The molecule has 2 nitrogen and oxygen atoms in total. The molecule has 0 aliphatic heterocycles. The van der Waals surface area contributed by atoms with Crippen molar-refractivity contribution >= 4 is 0 Å². The molecule has 0 radical (unpaired) electrons. The standard InChI is InChI=1S/C13H22N2/c1-2-3-4-8-11-13(15-14)12-9-6-5-7-10-12/h5-7,9-10,13,15H,2-4,8,11,14H2,1H3/t13-/m1/s1. The molecule has 0 heterocycles. The molecule has 0 aliphatic rings. The maximum atomic E-state index is 5.57. The number of rotatable bonds is 7. The van der Waals surface area contributed by atoms with E-state index in [9.17, 15) is 0 Å². The van der Waals surface area contributed by atoms with Gasteiger partial charge >= 0.3 is 0 Å². The molecule has 0 amide bonds. The normalized spacial score (nSPS) is 12.7. The fourth-order valence-electron chi connectivity index (χ4n) is 1.81. The highest BCUT2D eigenvalue weighted by Gasteiger charge is 2.07. The fraction of sp³-hybridized carbons (Fsp3) is 0.538. The lowest BCUT2D eigenvalue weighted by Gasteiger charge is -2.15. The van der Waals surface area contributed by atoms with E-state index in [1.807, 2.05) is 6.07 Å². The van der Waals surface area contributed by atoms with Crippen molar-refractivity contribution < 1.29 is 0 Å². The molecule has 3 N–H and O–H groups in total. The zero-order valence-electron chi connectivity index (χ0n) is 9.58. The summed E-state index contributed by atoms with van der Waals surface area (Å²) in [4.78, 5) is 0. The Kier molecular flexibility index (Phi) is 6.05. The van der Waals surface area contributed by atoms with Gasteiger partial charge in [-0.15, -0.1) is 0 Å². The topological polar surface area (TPSA) is 38.0 Å². The van der Waals surface area contributed by atoms with E-state index in [1.54, 1.807) is 0 Å². The van der Waals surface area contributed by atoms with Gasteiger partial charge in [0.1, 0.15) is 0 Å². The lowest BCUT2D eigenvalue weighted by atomic mass is 10.0. The zero-order chi connectivity index (χ0) is 10.9. The van der Waals surface area contributed by atoms with E-state index in [2.05, 4.69) is 36.6 Å². The molecule has 1 aromatic rings. The molecule has 1 rings (SSSR count). The van der Waals surface area contributed by atoms with E-state index in [0.29, 0.717) is 6.04 Å². The van der Waals surface area contributed by atoms with Crippen LogP contribution in [0.1, 0.15) is 50.6 Å². The molecular formula is C13H22N2. The molecule has 0 aromatic heterocycles. The Morgan fingerprint density at radius 1 is 1.13 bits per heavy atom. The molecule has 0 fully saturated rings. The van der Waals surface area contributed by atoms with E-state index in [0.717, 1.165) is 6.42 Å². The van der Waals surface area contributed by atoms with Crippen LogP contribution in [0.15, 0.2) is 30.3 Å². The van der Waals surface area contributed by atoms with Crippen LogP contribution in [0.3, 0.4) is 0 Å². The summed E-state index contributed by atoms with van der Waals surface area (Å²) in [6, 6.07) is 10.7. The number of nitrogens with one attached hydrogen (secondary N) is 1. The summed E-state index contributed by atoms with van der Waals surface area (Å²) < 4.78 is 0. The smallest absolute Gasteiger partial charge is 0.0460 e. The van der Waals surface area contributed by atoms with Crippen LogP contribution in [0.5, 0.6) is 0 Å². The highest BCUT2D eigenvalue weighted by Crippen LogP contribution is 2.18. The predicted octanol–water partition coefficient (Wildman–Crippen LogP) is 3.16. The maximum Gasteiger partial charge on any atom is 0.0460 e. The number of hydrogen-bond donors (Lipinski definition) is 2. The summed E-state index contributed by atoms with van der Waals surface area (Å²) >= 11 is 0. The van der Waals surface area contributed by atoms with E-state index < -0.39 is 0 Å². The number of hydrazine groups is 1. The quantitative estimate of drug-likeness (QED) is 0.408. The predicted molar refractivity (Wildman–Crippen MR) is 65.3 cm³/mol. The molecule has 0 saturated carbocycles. The van der Waals surface area contributed by atoms with Gasteiger partial charge in [0.15, 0.2) is 0 Å². The van der Waals surface area contributed by atoms with Crippen molar-refractivity contribution in [3.05, 3.63) is 35.9 Å². The second-order valence-corrected chi connectivity index (χ2v) is 3.98. The summed E-state index contributed by atoms with van der Waals surface area (Å²) in [6.45, 7) is 2.23. The van der Waals surface area contributed by atoms with Crippen molar-refractivity contribution in [1.29, 1.82) is 0 Å². The zero-order valence-corrected chi connectivity index (χ0v) is 9.58. The van der Waals surface area contributed by atoms with Crippen molar-refractivity contribution in [3.63, 3.8) is 0 Å². The largest absolute Gasteiger partial charge is 0.271 e. The number of nitrogens with two attached hydrogens (primary N) is 1. The first-order chi connectivity index (χ1) is 7.38. The summed E-state index contributed by atoms with van der Waals surface area (Å²) in [5, 5.41) is 0. The molecule has 0 bridgehead atoms. The Bertz CT molecular complexity index is 246.